The number of benzene rings is 2. The van der Waals surface area contributed by atoms with E-state index in [1.165, 1.54) is 0 Å². The SMILES string of the molecule is COc1ccc(C(=O)c2ccc(-c3ccc(Br)cc3)o2)cc1. The molecule has 0 radical (unpaired) electrons. The predicted molar refractivity (Wildman–Crippen MR) is 88.3 cm³/mol. The molecule has 3 nitrogen and oxygen atoms in total. The monoisotopic (exact) mass is 356 g/mol. The third kappa shape index (κ3) is 2.97. The van der Waals surface area contributed by atoms with Gasteiger partial charge in [-0.05, 0) is 48.5 Å². The van der Waals surface area contributed by atoms with Crippen molar-refractivity contribution in [1.29, 1.82) is 0 Å². The van der Waals surface area contributed by atoms with Crippen molar-refractivity contribution in [3.63, 3.8) is 0 Å². The number of methoxy groups -OCH3 is 1. The summed E-state index contributed by atoms with van der Waals surface area (Å²) in [7, 11) is 1.59. The summed E-state index contributed by atoms with van der Waals surface area (Å²) in [5, 5.41) is 0. The van der Waals surface area contributed by atoms with Crippen LogP contribution in [0.2, 0.25) is 0 Å². The molecule has 110 valence electrons. The Morgan fingerprint density at radius 3 is 2.27 bits per heavy atom. The molecule has 0 saturated heterocycles. The van der Waals surface area contributed by atoms with Crippen LogP contribution in [0.15, 0.2) is 69.6 Å². The van der Waals surface area contributed by atoms with Gasteiger partial charge in [-0.2, -0.15) is 0 Å². The first-order valence-electron chi connectivity index (χ1n) is 6.72. The molecule has 3 aromatic rings. The van der Waals surface area contributed by atoms with E-state index >= 15 is 0 Å². The Morgan fingerprint density at radius 1 is 0.955 bits per heavy atom. The largest absolute Gasteiger partial charge is 0.497 e. The Hall–Kier alpha value is -2.33. The van der Waals surface area contributed by atoms with Crippen molar-refractivity contribution < 1.29 is 13.9 Å². The summed E-state index contributed by atoms with van der Waals surface area (Å²) in [6.07, 6.45) is 0. The highest BCUT2D eigenvalue weighted by molar-refractivity contribution is 9.10. The van der Waals surface area contributed by atoms with Gasteiger partial charge in [0.05, 0.1) is 7.11 Å². The van der Waals surface area contributed by atoms with Crippen LogP contribution in [-0.4, -0.2) is 12.9 Å². The van der Waals surface area contributed by atoms with Gasteiger partial charge in [0.15, 0.2) is 5.76 Å². The molecule has 2 aromatic carbocycles. The van der Waals surface area contributed by atoms with E-state index in [2.05, 4.69) is 15.9 Å². The molecule has 22 heavy (non-hydrogen) atoms. The molecular weight excluding hydrogens is 344 g/mol. The fourth-order valence-corrected chi connectivity index (χ4v) is 2.38. The zero-order valence-electron chi connectivity index (χ0n) is 11.9. The third-order valence-corrected chi connectivity index (χ3v) is 3.84. The molecule has 1 aromatic heterocycles. The van der Waals surface area contributed by atoms with E-state index in [0.717, 1.165) is 10.0 Å². The average molecular weight is 357 g/mol. The topological polar surface area (TPSA) is 39.4 Å². The van der Waals surface area contributed by atoms with Gasteiger partial charge in [0, 0.05) is 15.6 Å². The van der Waals surface area contributed by atoms with E-state index in [1.54, 1.807) is 43.5 Å². The van der Waals surface area contributed by atoms with Crippen LogP contribution in [0.4, 0.5) is 0 Å². The molecule has 3 rings (SSSR count). The fraction of sp³-hybridized carbons (Fsp3) is 0.0556. The lowest BCUT2D eigenvalue weighted by Crippen LogP contribution is -1.99. The minimum atomic E-state index is -0.147. The number of halogens is 1. The normalized spacial score (nSPS) is 10.5. The Balaban J connectivity index is 1.86. The van der Waals surface area contributed by atoms with Crippen LogP contribution in [0.3, 0.4) is 0 Å². The number of ketones is 1. The van der Waals surface area contributed by atoms with Gasteiger partial charge in [-0.15, -0.1) is 0 Å². The Labute approximate surface area is 136 Å². The van der Waals surface area contributed by atoms with Crippen LogP contribution in [0.25, 0.3) is 11.3 Å². The molecule has 0 amide bonds. The van der Waals surface area contributed by atoms with Crippen LogP contribution in [0, 0.1) is 0 Å². The van der Waals surface area contributed by atoms with Gasteiger partial charge < -0.3 is 9.15 Å². The molecule has 0 aliphatic rings. The second-order valence-corrected chi connectivity index (χ2v) is 5.64. The van der Waals surface area contributed by atoms with Gasteiger partial charge in [-0.3, -0.25) is 4.79 Å². The lowest BCUT2D eigenvalue weighted by atomic mass is 10.1. The fourth-order valence-electron chi connectivity index (χ4n) is 2.11. The van der Waals surface area contributed by atoms with Gasteiger partial charge in [0.1, 0.15) is 11.5 Å². The number of carbonyl (C=O) groups is 1. The smallest absolute Gasteiger partial charge is 0.228 e. The van der Waals surface area contributed by atoms with Crippen molar-refractivity contribution in [3.8, 4) is 17.1 Å². The van der Waals surface area contributed by atoms with Crippen molar-refractivity contribution in [2.75, 3.05) is 7.11 Å². The van der Waals surface area contributed by atoms with Crippen molar-refractivity contribution in [1.82, 2.24) is 0 Å². The zero-order chi connectivity index (χ0) is 15.5. The van der Waals surface area contributed by atoms with E-state index in [0.29, 0.717) is 22.8 Å². The first-order chi connectivity index (χ1) is 10.7. The maximum atomic E-state index is 12.4. The molecule has 0 N–H and O–H groups in total. The first kappa shape index (κ1) is 14.6. The highest BCUT2D eigenvalue weighted by Crippen LogP contribution is 2.25. The minimum absolute atomic E-state index is 0.147. The van der Waals surface area contributed by atoms with Crippen molar-refractivity contribution in [2.24, 2.45) is 0 Å². The quantitative estimate of drug-likeness (QED) is 0.621. The maximum Gasteiger partial charge on any atom is 0.228 e. The molecule has 0 atom stereocenters. The lowest BCUT2D eigenvalue weighted by Gasteiger charge is -2.01. The minimum Gasteiger partial charge on any atom is -0.497 e. The molecule has 0 saturated carbocycles. The summed E-state index contributed by atoms with van der Waals surface area (Å²) < 4.78 is 11.8. The zero-order valence-corrected chi connectivity index (χ0v) is 13.5. The van der Waals surface area contributed by atoms with E-state index < -0.39 is 0 Å². The number of furan rings is 1. The molecule has 4 heteroatoms. The standard InChI is InChI=1S/C18H13BrO3/c1-21-15-8-4-13(5-9-15)18(20)17-11-10-16(22-17)12-2-6-14(19)7-3-12/h2-11H,1H3. The second-order valence-electron chi connectivity index (χ2n) is 4.73. The summed E-state index contributed by atoms with van der Waals surface area (Å²) >= 11 is 3.39. The summed E-state index contributed by atoms with van der Waals surface area (Å²) in [5.41, 5.74) is 1.49. The van der Waals surface area contributed by atoms with Gasteiger partial charge in [0.25, 0.3) is 0 Å². The molecule has 0 unspecified atom stereocenters. The van der Waals surface area contributed by atoms with E-state index in [1.807, 2.05) is 24.3 Å². The summed E-state index contributed by atoms with van der Waals surface area (Å²) in [6.45, 7) is 0. The summed E-state index contributed by atoms with van der Waals surface area (Å²) in [4.78, 5) is 12.4. The number of ether oxygens (including phenoxy) is 1. The van der Waals surface area contributed by atoms with Crippen LogP contribution in [0.1, 0.15) is 16.1 Å². The first-order valence-corrected chi connectivity index (χ1v) is 7.51. The highest BCUT2D eigenvalue weighted by atomic mass is 79.9. The van der Waals surface area contributed by atoms with Crippen molar-refractivity contribution >= 4 is 21.7 Å². The third-order valence-electron chi connectivity index (χ3n) is 3.31. The molecule has 0 aliphatic heterocycles. The van der Waals surface area contributed by atoms with Gasteiger partial charge >= 0.3 is 0 Å². The van der Waals surface area contributed by atoms with Crippen LogP contribution < -0.4 is 4.74 Å². The lowest BCUT2D eigenvalue weighted by molar-refractivity contribution is 0.101. The molecule has 0 spiro atoms. The molecule has 0 fully saturated rings. The summed E-state index contributed by atoms with van der Waals surface area (Å²) in [5.74, 6) is 1.56. The van der Waals surface area contributed by atoms with E-state index in [4.69, 9.17) is 9.15 Å². The number of carbonyl (C=O) groups excluding carboxylic acids is 1. The number of rotatable bonds is 4. The molecule has 1 heterocycles. The van der Waals surface area contributed by atoms with Crippen LogP contribution in [-0.2, 0) is 0 Å². The Morgan fingerprint density at radius 2 is 1.64 bits per heavy atom. The number of hydrogen-bond donors (Lipinski definition) is 0. The highest BCUT2D eigenvalue weighted by Gasteiger charge is 2.14. The van der Waals surface area contributed by atoms with Crippen molar-refractivity contribution in [2.45, 2.75) is 0 Å². The van der Waals surface area contributed by atoms with Crippen LogP contribution in [0.5, 0.6) is 5.75 Å². The predicted octanol–water partition coefficient (Wildman–Crippen LogP) is 4.95. The van der Waals surface area contributed by atoms with Gasteiger partial charge in [-0.1, -0.05) is 28.1 Å². The second kappa shape index (κ2) is 6.20. The Kier molecular flexibility index (Phi) is 4.11. The Bertz CT molecular complexity index is 786. The summed E-state index contributed by atoms with van der Waals surface area (Å²) in [6, 6.07) is 18.2. The van der Waals surface area contributed by atoms with Crippen LogP contribution >= 0.6 is 15.9 Å². The van der Waals surface area contributed by atoms with Gasteiger partial charge in [0.2, 0.25) is 5.78 Å². The number of hydrogen-bond acceptors (Lipinski definition) is 3. The van der Waals surface area contributed by atoms with Crippen molar-refractivity contribution in [3.05, 3.63) is 76.5 Å². The van der Waals surface area contributed by atoms with E-state index in [9.17, 15) is 4.79 Å². The average Bonchev–Trinajstić information content (AvgIpc) is 3.05. The van der Waals surface area contributed by atoms with E-state index in [-0.39, 0.29) is 5.78 Å². The molecule has 0 bridgehead atoms. The maximum absolute atomic E-state index is 12.4. The van der Waals surface area contributed by atoms with Gasteiger partial charge in [-0.25, -0.2) is 0 Å². The molecule has 0 aliphatic carbocycles. The molecular formula is C18H13BrO3.